The van der Waals surface area contributed by atoms with E-state index in [1.54, 1.807) is 0 Å². The van der Waals surface area contributed by atoms with Crippen LogP contribution in [0.15, 0.2) is 18.2 Å². The van der Waals surface area contributed by atoms with E-state index in [2.05, 4.69) is 12.2 Å². The molecule has 100 valence electrons. The predicted octanol–water partition coefficient (Wildman–Crippen LogP) is 3.05. The molecule has 0 aliphatic heterocycles. The number of nitro groups is 1. The molecule has 0 amide bonds. The second-order valence-corrected chi connectivity index (χ2v) is 4.28. The van der Waals surface area contributed by atoms with Gasteiger partial charge >= 0.3 is 0 Å². The van der Waals surface area contributed by atoms with Gasteiger partial charge in [0.05, 0.1) is 4.92 Å². The van der Waals surface area contributed by atoms with E-state index in [9.17, 15) is 14.5 Å². The SMILES string of the molecule is CCCC(Cc1cc(F)ccc1[N+](=O)[O-])NCC. The number of halogens is 1. The van der Waals surface area contributed by atoms with Crippen LogP contribution < -0.4 is 5.32 Å². The van der Waals surface area contributed by atoms with Crippen LogP contribution in [0.25, 0.3) is 0 Å². The topological polar surface area (TPSA) is 55.2 Å². The highest BCUT2D eigenvalue weighted by atomic mass is 19.1. The molecular weight excluding hydrogens is 235 g/mol. The number of nitrogens with zero attached hydrogens (tertiary/aromatic N) is 1. The van der Waals surface area contributed by atoms with E-state index < -0.39 is 10.7 Å². The summed E-state index contributed by atoms with van der Waals surface area (Å²) in [5.41, 5.74) is 0.454. The molecule has 1 N–H and O–H groups in total. The number of likely N-dealkylation sites (N-methyl/N-ethyl adjacent to an activating group) is 1. The van der Waals surface area contributed by atoms with Gasteiger partial charge in [0, 0.05) is 17.7 Å². The minimum Gasteiger partial charge on any atom is -0.314 e. The second-order valence-electron chi connectivity index (χ2n) is 4.28. The average Bonchev–Trinajstić information content (AvgIpc) is 2.29. The molecule has 0 fully saturated rings. The van der Waals surface area contributed by atoms with Crippen molar-refractivity contribution in [1.82, 2.24) is 5.32 Å². The standard InChI is InChI=1S/C13H19FN2O2/c1-3-5-12(15-4-2)9-10-8-11(14)6-7-13(10)16(17)18/h6-8,12,15H,3-5,9H2,1-2H3. The first-order valence-corrected chi connectivity index (χ1v) is 6.24. The molecule has 1 atom stereocenters. The van der Waals surface area contributed by atoms with Crippen molar-refractivity contribution in [3.63, 3.8) is 0 Å². The molecule has 1 aromatic carbocycles. The van der Waals surface area contributed by atoms with Crippen molar-refractivity contribution in [3.05, 3.63) is 39.7 Å². The third kappa shape index (κ3) is 4.07. The molecule has 5 heteroatoms. The first-order chi connectivity index (χ1) is 8.58. The third-order valence-electron chi connectivity index (χ3n) is 2.83. The van der Waals surface area contributed by atoms with Gasteiger partial charge in [0.2, 0.25) is 0 Å². The molecular formula is C13H19FN2O2. The Hall–Kier alpha value is -1.49. The fraction of sp³-hybridized carbons (Fsp3) is 0.538. The molecule has 0 aliphatic carbocycles. The fourth-order valence-electron chi connectivity index (χ4n) is 2.07. The van der Waals surface area contributed by atoms with Crippen molar-refractivity contribution in [2.45, 2.75) is 39.2 Å². The summed E-state index contributed by atoms with van der Waals surface area (Å²) in [5, 5.41) is 14.2. The van der Waals surface area contributed by atoms with E-state index in [1.807, 2.05) is 6.92 Å². The van der Waals surface area contributed by atoms with Crippen molar-refractivity contribution < 1.29 is 9.31 Å². The third-order valence-corrected chi connectivity index (χ3v) is 2.83. The van der Waals surface area contributed by atoms with Gasteiger partial charge in [0.25, 0.3) is 5.69 Å². The van der Waals surface area contributed by atoms with E-state index in [1.165, 1.54) is 12.1 Å². The molecule has 0 bridgehead atoms. The Morgan fingerprint density at radius 1 is 1.44 bits per heavy atom. The number of hydrogen-bond acceptors (Lipinski definition) is 3. The molecule has 0 spiro atoms. The van der Waals surface area contributed by atoms with Gasteiger partial charge in [-0.1, -0.05) is 20.3 Å². The molecule has 0 saturated carbocycles. The van der Waals surface area contributed by atoms with E-state index >= 15 is 0 Å². The Morgan fingerprint density at radius 2 is 2.17 bits per heavy atom. The van der Waals surface area contributed by atoms with E-state index in [-0.39, 0.29) is 11.7 Å². The zero-order valence-corrected chi connectivity index (χ0v) is 10.8. The highest BCUT2D eigenvalue weighted by Gasteiger charge is 2.17. The van der Waals surface area contributed by atoms with Crippen molar-refractivity contribution >= 4 is 5.69 Å². The maximum Gasteiger partial charge on any atom is 0.272 e. The monoisotopic (exact) mass is 254 g/mol. The summed E-state index contributed by atoms with van der Waals surface area (Å²) < 4.78 is 13.2. The summed E-state index contributed by atoms with van der Waals surface area (Å²) in [7, 11) is 0. The maximum atomic E-state index is 13.2. The quantitative estimate of drug-likeness (QED) is 0.601. The Balaban J connectivity index is 2.92. The largest absolute Gasteiger partial charge is 0.314 e. The van der Waals surface area contributed by atoms with Crippen LogP contribution in [-0.4, -0.2) is 17.5 Å². The molecule has 1 unspecified atom stereocenters. The van der Waals surface area contributed by atoms with Gasteiger partial charge in [-0.2, -0.15) is 0 Å². The Kier molecular flexibility index (Phi) is 5.71. The van der Waals surface area contributed by atoms with Gasteiger partial charge in [-0.05, 0) is 31.5 Å². The molecule has 0 heterocycles. The predicted molar refractivity (Wildman–Crippen MR) is 69.1 cm³/mol. The molecule has 0 saturated heterocycles. The van der Waals surface area contributed by atoms with Gasteiger partial charge in [-0.3, -0.25) is 10.1 Å². The van der Waals surface area contributed by atoms with Crippen LogP contribution in [0.4, 0.5) is 10.1 Å². The van der Waals surface area contributed by atoms with Crippen molar-refractivity contribution in [3.8, 4) is 0 Å². The van der Waals surface area contributed by atoms with Crippen molar-refractivity contribution in [1.29, 1.82) is 0 Å². The number of nitro benzene ring substituents is 1. The maximum absolute atomic E-state index is 13.2. The lowest BCUT2D eigenvalue weighted by atomic mass is 10.0. The molecule has 1 aromatic rings. The van der Waals surface area contributed by atoms with Gasteiger partial charge in [-0.15, -0.1) is 0 Å². The van der Waals surface area contributed by atoms with Crippen molar-refractivity contribution in [2.24, 2.45) is 0 Å². The highest BCUT2D eigenvalue weighted by Crippen LogP contribution is 2.22. The first kappa shape index (κ1) is 14.6. The number of hydrogen-bond donors (Lipinski definition) is 1. The molecule has 0 aliphatic rings. The molecule has 0 aromatic heterocycles. The molecule has 0 radical (unpaired) electrons. The zero-order valence-electron chi connectivity index (χ0n) is 10.8. The lowest BCUT2D eigenvalue weighted by Gasteiger charge is -2.17. The Morgan fingerprint density at radius 3 is 2.72 bits per heavy atom. The average molecular weight is 254 g/mol. The van der Waals surface area contributed by atoms with Gasteiger partial charge in [-0.25, -0.2) is 4.39 Å². The molecule has 4 nitrogen and oxygen atoms in total. The Bertz CT molecular complexity index is 404. The van der Waals surface area contributed by atoms with E-state index in [0.29, 0.717) is 12.0 Å². The summed E-state index contributed by atoms with van der Waals surface area (Å²) in [6.45, 7) is 4.85. The van der Waals surface area contributed by atoms with E-state index in [0.717, 1.165) is 25.5 Å². The Labute approximate surface area is 106 Å². The lowest BCUT2D eigenvalue weighted by molar-refractivity contribution is -0.385. The smallest absolute Gasteiger partial charge is 0.272 e. The molecule has 18 heavy (non-hydrogen) atoms. The normalized spacial score (nSPS) is 12.4. The summed E-state index contributed by atoms with van der Waals surface area (Å²) in [5.74, 6) is -0.428. The van der Waals surface area contributed by atoms with Gasteiger partial charge in [0.15, 0.2) is 0 Å². The van der Waals surface area contributed by atoms with Crippen LogP contribution in [0.2, 0.25) is 0 Å². The lowest BCUT2D eigenvalue weighted by Crippen LogP contribution is -2.31. The summed E-state index contributed by atoms with van der Waals surface area (Å²) in [4.78, 5) is 10.4. The van der Waals surface area contributed by atoms with Crippen LogP contribution in [0.1, 0.15) is 32.3 Å². The van der Waals surface area contributed by atoms with Crippen LogP contribution in [-0.2, 0) is 6.42 Å². The van der Waals surface area contributed by atoms with Gasteiger partial charge < -0.3 is 5.32 Å². The van der Waals surface area contributed by atoms with E-state index in [4.69, 9.17) is 0 Å². The van der Waals surface area contributed by atoms with Gasteiger partial charge in [0.1, 0.15) is 5.82 Å². The first-order valence-electron chi connectivity index (χ1n) is 6.24. The number of rotatable bonds is 7. The second kappa shape index (κ2) is 7.06. The minimum absolute atomic E-state index is 0.00425. The summed E-state index contributed by atoms with van der Waals surface area (Å²) >= 11 is 0. The number of benzene rings is 1. The van der Waals surface area contributed by atoms with Crippen LogP contribution in [0.3, 0.4) is 0 Å². The number of nitrogens with one attached hydrogen (secondary N) is 1. The minimum atomic E-state index is -0.455. The summed E-state index contributed by atoms with van der Waals surface area (Å²) in [6, 6.07) is 3.78. The highest BCUT2D eigenvalue weighted by molar-refractivity contribution is 5.40. The fourth-order valence-corrected chi connectivity index (χ4v) is 2.07. The van der Waals surface area contributed by atoms with Crippen molar-refractivity contribution in [2.75, 3.05) is 6.54 Å². The summed E-state index contributed by atoms with van der Waals surface area (Å²) in [6.07, 6.45) is 2.39. The molecule has 1 rings (SSSR count). The van der Waals surface area contributed by atoms with Crippen LogP contribution in [0, 0.1) is 15.9 Å². The zero-order chi connectivity index (χ0) is 13.5. The van der Waals surface area contributed by atoms with Crippen LogP contribution >= 0.6 is 0 Å². The van der Waals surface area contributed by atoms with Crippen LogP contribution in [0.5, 0.6) is 0 Å².